The lowest BCUT2D eigenvalue weighted by atomic mass is 10.2. The second kappa shape index (κ2) is 6.79. The third-order valence-corrected chi connectivity index (χ3v) is 3.98. The highest BCUT2D eigenvalue weighted by molar-refractivity contribution is 9.10. The van der Waals surface area contributed by atoms with Crippen LogP contribution >= 0.6 is 15.9 Å². The maximum Gasteiger partial charge on any atom is 0.271 e. The summed E-state index contributed by atoms with van der Waals surface area (Å²) in [7, 11) is 0. The van der Waals surface area contributed by atoms with Crippen molar-refractivity contribution in [2.24, 2.45) is 5.10 Å². The van der Waals surface area contributed by atoms with Gasteiger partial charge in [0.25, 0.3) is 5.91 Å². The summed E-state index contributed by atoms with van der Waals surface area (Å²) in [4.78, 5) is 14.3. The highest BCUT2D eigenvalue weighted by Gasteiger charge is 2.12. The molecule has 0 bridgehead atoms. The first kappa shape index (κ1) is 14.8. The van der Waals surface area contributed by atoms with Crippen molar-refractivity contribution in [1.82, 2.24) is 5.43 Å². The van der Waals surface area contributed by atoms with E-state index in [9.17, 15) is 4.79 Å². The van der Waals surface area contributed by atoms with Gasteiger partial charge in [-0.2, -0.15) is 5.10 Å². The van der Waals surface area contributed by atoms with Crippen LogP contribution in [-0.4, -0.2) is 25.2 Å². The number of carbonyl (C=O) groups excluding carboxylic acids is 1. The van der Waals surface area contributed by atoms with Crippen molar-refractivity contribution in [3.8, 4) is 0 Å². The van der Waals surface area contributed by atoms with E-state index in [0.717, 1.165) is 18.8 Å². The number of nitrogens with zero attached hydrogens (tertiary/aromatic N) is 2. The van der Waals surface area contributed by atoms with Crippen molar-refractivity contribution in [3.63, 3.8) is 0 Å². The first-order valence-corrected chi connectivity index (χ1v) is 7.95. The largest absolute Gasteiger partial charge is 0.448 e. The number of anilines is 1. The van der Waals surface area contributed by atoms with Gasteiger partial charge in [-0.1, -0.05) is 0 Å². The monoisotopic (exact) mass is 361 g/mol. The number of hydrogen-bond acceptors (Lipinski definition) is 4. The van der Waals surface area contributed by atoms with E-state index in [4.69, 9.17) is 4.42 Å². The average Bonchev–Trinajstić information content (AvgIpc) is 3.19. The Labute approximate surface area is 137 Å². The van der Waals surface area contributed by atoms with Gasteiger partial charge in [-0.05, 0) is 65.2 Å². The maximum atomic E-state index is 12.0. The second-order valence-corrected chi connectivity index (χ2v) is 5.86. The fourth-order valence-corrected chi connectivity index (χ4v) is 2.73. The number of amides is 1. The number of benzene rings is 1. The Hall–Kier alpha value is -2.08. The van der Waals surface area contributed by atoms with Crippen LogP contribution in [0.4, 0.5) is 5.69 Å². The SMILES string of the molecule is O=C(N/N=C\c1ccc(Br)o1)c1ccc(N2CCCC2)cc1. The summed E-state index contributed by atoms with van der Waals surface area (Å²) in [6.45, 7) is 2.18. The van der Waals surface area contributed by atoms with Gasteiger partial charge in [-0.15, -0.1) is 0 Å². The van der Waals surface area contributed by atoms with Crippen molar-refractivity contribution < 1.29 is 9.21 Å². The van der Waals surface area contributed by atoms with Gasteiger partial charge >= 0.3 is 0 Å². The highest BCUT2D eigenvalue weighted by atomic mass is 79.9. The summed E-state index contributed by atoms with van der Waals surface area (Å²) in [5, 5.41) is 3.88. The van der Waals surface area contributed by atoms with E-state index in [0.29, 0.717) is 16.0 Å². The number of rotatable bonds is 4. The Kier molecular flexibility index (Phi) is 4.58. The molecular weight excluding hydrogens is 346 g/mol. The fourth-order valence-electron chi connectivity index (χ4n) is 2.42. The Balaban J connectivity index is 1.58. The molecule has 1 N–H and O–H groups in total. The zero-order valence-corrected chi connectivity index (χ0v) is 13.5. The van der Waals surface area contributed by atoms with E-state index in [2.05, 4.69) is 31.4 Å². The standard InChI is InChI=1S/C16H16BrN3O2/c17-15-8-7-14(22-15)11-18-19-16(21)12-3-5-13(6-4-12)20-9-1-2-10-20/h3-8,11H,1-2,9-10H2,(H,19,21)/b18-11-. The van der Waals surface area contributed by atoms with Crippen LogP contribution in [0.1, 0.15) is 29.0 Å². The molecule has 1 aliphatic heterocycles. The molecule has 6 heteroatoms. The molecule has 1 aromatic carbocycles. The average molecular weight is 362 g/mol. The fraction of sp³-hybridized carbons (Fsp3) is 0.250. The molecule has 0 atom stereocenters. The quantitative estimate of drug-likeness (QED) is 0.670. The summed E-state index contributed by atoms with van der Waals surface area (Å²) >= 11 is 3.20. The van der Waals surface area contributed by atoms with Gasteiger partial charge in [0, 0.05) is 24.3 Å². The molecule has 0 aliphatic carbocycles. The van der Waals surface area contributed by atoms with Gasteiger partial charge in [-0.25, -0.2) is 5.43 Å². The molecule has 1 aromatic heterocycles. The van der Waals surface area contributed by atoms with Crippen LogP contribution in [0.2, 0.25) is 0 Å². The number of nitrogens with one attached hydrogen (secondary N) is 1. The van der Waals surface area contributed by atoms with E-state index in [1.165, 1.54) is 19.1 Å². The van der Waals surface area contributed by atoms with Crippen LogP contribution in [0, 0.1) is 0 Å². The summed E-state index contributed by atoms with van der Waals surface area (Å²) in [6, 6.07) is 11.1. The highest BCUT2D eigenvalue weighted by Crippen LogP contribution is 2.20. The molecule has 1 amide bonds. The molecule has 0 spiro atoms. The van der Waals surface area contributed by atoms with Crippen molar-refractivity contribution in [1.29, 1.82) is 0 Å². The van der Waals surface area contributed by atoms with Crippen molar-refractivity contribution >= 4 is 33.7 Å². The molecule has 3 rings (SSSR count). The summed E-state index contributed by atoms with van der Waals surface area (Å²) in [5.74, 6) is 0.325. The minimum Gasteiger partial charge on any atom is -0.448 e. The van der Waals surface area contributed by atoms with E-state index < -0.39 is 0 Å². The van der Waals surface area contributed by atoms with Gasteiger partial charge in [0.1, 0.15) is 5.76 Å². The van der Waals surface area contributed by atoms with Crippen LogP contribution in [0.3, 0.4) is 0 Å². The topological polar surface area (TPSA) is 57.8 Å². The predicted octanol–water partition coefficient (Wildman–Crippen LogP) is 3.41. The van der Waals surface area contributed by atoms with Crippen LogP contribution in [-0.2, 0) is 0 Å². The van der Waals surface area contributed by atoms with Gasteiger partial charge in [0.2, 0.25) is 0 Å². The smallest absolute Gasteiger partial charge is 0.271 e. The van der Waals surface area contributed by atoms with Crippen LogP contribution < -0.4 is 10.3 Å². The lowest BCUT2D eigenvalue weighted by Crippen LogP contribution is -2.19. The molecule has 2 aromatic rings. The normalized spacial score (nSPS) is 14.7. The Morgan fingerprint density at radius 2 is 1.91 bits per heavy atom. The van der Waals surface area contributed by atoms with E-state index >= 15 is 0 Å². The molecule has 22 heavy (non-hydrogen) atoms. The van der Waals surface area contributed by atoms with Crippen LogP contribution in [0.15, 0.2) is 50.6 Å². The number of halogens is 1. The molecule has 0 radical (unpaired) electrons. The minimum absolute atomic E-state index is 0.241. The molecule has 114 valence electrons. The number of furan rings is 1. The van der Waals surface area contributed by atoms with Crippen LogP contribution in [0.25, 0.3) is 0 Å². The summed E-state index contributed by atoms with van der Waals surface area (Å²) < 4.78 is 5.88. The Morgan fingerprint density at radius 3 is 2.55 bits per heavy atom. The van der Waals surface area contributed by atoms with Gasteiger partial charge in [-0.3, -0.25) is 4.79 Å². The Bertz CT molecular complexity index is 673. The number of hydrogen-bond donors (Lipinski definition) is 1. The van der Waals surface area contributed by atoms with Gasteiger partial charge in [0.15, 0.2) is 4.67 Å². The second-order valence-electron chi connectivity index (χ2n) is 5.08. The first-order chi connectivity index (χ1) is 10.7. The van der Waals surface area contributed by atoms with E-state index in [1.54, 1.807) is 12.1 Å². The summed E-state index contributed by atoms with van der Waals surface area (Å²) in [6.07, 6.45) is 3.93. The van der Waals surface area contributed by atoms with Gasteiger partial charge < -0.3 is 9.32 Å². The predicted molar refractivity (Wildman–Crippen MR) is 89.4 cm³/mol. The van der Waals surface area contributed by atoms with Gasteiger partial charge in [0.05, 0.1) is 6.21 Å². The molecular formula is C16H16BrN3O2. The lowest BCUT2D eigenvalue weighted by Gasteiger charge is -2.17. The van der Waals surface area contributed by atoms with E-state index in [1.807, 2.05) is 24.3 Å². The minimum atomic E-state index is -0.241. The third-order valence-electron chi connectivity index (χ3n) is 3.55. The number of hydrazone groups is 1. The third kappa shape index (κ3) is 3.57. The molecule has 5 nitrogen and oxygen atoms in total. The summed E-state index contributed by atoms with van der Waals surface area (Å²) in [5.41, 5.74) is 4.24. The van der Waals surface area contributed by atoms with Crippen molar-refractivity contribution in [2.75, 3.05) is 18.0 Å². The van der Waals surface area contributed by atoms with Crippen molar-refractivity contribution in [2.45, 2.75) is 12.8 Å². The molecule has 1 saturated heterocycles. The molecule has 1 aliphatic rings. The molecule has 0 saturated carbocycles. The van der Waals surface area contributed by atoms with E-state index in [-0.39, 0.29) is 5.91 Å². The Morgan fingerprint density at radius 1 is 1.18 bits per heavy atom. The molecule has 2 heterocycles. The lowest BCUT2D eigenvalue weighted by molar-refractivity contribution is 0.0955. The molecule has 0 unspecified atom stereocenters. The first-order valence-electron chi connectivity index (χ1n) is 7.16. The van der Waals surface area contributed by atoms with Crippen molar-refractivity contribution in [3.05, 3.63) is 52.4 Å². The number of carbonyl (C=O) groups is 1. The maximum absolute atomic E-state index is 12.0. The zero-order chi connectivity index (χ0) is 15.4. The zero-order valence-electron chi connectivity index (χ0n) is 12.0. The van der Waals surface area contributed by atoms with Crippen LogP contribution in [0.5, 0.6) is 0 Å². The molecule has 1 fully saturated rings.